The minimum Gasteiger partial charge on any atom is -0.480 e. The Labute approximate surface area is 192 Å². The fourth-order valence-electron chi connectivity index (χ4n) is 5.14. The van der Waals surface area contributed by atoms with E-state index in [0.29, 0.717) is 30.6 Å². The lowest BCUT2D eigenvalue weighted by atomic mass is 9.44. The Hall–Kier alpha value is -3.34. The molecule has 0 spiro atoms. The maximum Gasteiger partial charge on any atom is 0.573 e. The van der Waals surface area contributed by atoms with Crippen molar-refractivity contribution in [1.29, 1.82) is 0 Å². The summed E-state index contributed by atoms with van der Waals surface area (Å²) in [5, 5.41) is 16.3. The number of benzene rings is 1. The number of rotatable bonds is 5. The Morgan fingerprint density at radius 1 is 1.15 bits per heavy atom. The van der Waals surface area contributed by atoms with E-state index in [4.69, 9.17) is 4.74 Å². The van der Waals surface area contributed by atoms with Gasteiger partial charge in [-0.25, -0.2) is 4.98 Å². The highest BCUT2D eigenvalue weighted by Gasteiger charge is 2.69. The molecule has 180 valence electrons. The molecule has 0 saturated heterocycles. The Morgan fingerprint density at radius 3 is 2.50 bits per heavy atom. The van der Waals surface area contributed by atoms with Gasteiger partial charge in [-0.05, 0) is 50.5 Å². The molecule has 1 aliphatic heterocycles. The minimum atomic E-state index is -4.83. The van der Waals surface area contributed by atoms with Gasteiger partial charge in [-0.2, -0.15) is 0 Å². The molecule has 3 N–H and O–H groups in total. The predicted molar refractivity (Wildman–Crippen MR) is 111 cm³/mol. The van der Waals surface area contributed by atoms with Crippen molar-refractivity contribution in [3.05, 3.63) is 53.3 Å². The molecule has 2 atom stereocenters. The molecule has 2 aromatic rings. The molecule has 3 fully saturated rings. The summed E-state index contributed by atoms with van der Waals surface area (Å²) in [5.41, 5.74) is 0.707. The van der Waals surface area contributed by atoms with Crippen molar-refractivity contribution in [3.63, 3.8) is 0 Å². The Bertz CT molecular complexity index is 1130. The second kappa shape index (κ2) is 7.59. The largest absolute Gasteiger partial charge is 0.573 e. The van der Waals surface area contributed by atoms with Crippen LogP contribution < -0.4 is 20.1 Å². The molecule has 2 bridgehead atoms. The van der Waals surface area contributed by atoms with Crippen molar-refractivity contribution < 1.29 is 37.3 Å². The van der Waals surface area contributed by atoms with Crippen molar-refractivity contribution in [2.75, 3.05) is 0 Å². The number of aromatic nitrogens is 1. The van der Waals surface area contributed by atoms with Gasteiger partial charge in [0.2, 0.25) is 0 Å². The maximum absolute atomic E-state index is 12.8. The number of amides is 2. The third-order valence-electron chi connectivity index (χ3n) is 6.52. The molecule has 0 radical (unpaired) electrons. The lowest BCUT2D eigenvalue weighted by Crippen LogP contribution is -2.84. The van der Waals surface area contributed by atoms with Crippen LogP contribution in [0.2, 0.25) is 0 Å². The zero-order valence-corrected chi connectivity index (χ0v) is 18.1. The highest BCUT2D eigenvalue weighted by Crippen LogP contribution is 2.60. The van der Waals surface area contributed by atoms with E-state index in [1.165, 1.54) is 0 Å². The average molecular weight is 477 g/mol. The van der Waals surface area contributed by atoms with E-state index >= 15 is 0 Å². The van der Waals surface area contributed by atoms with Gasteiger partial charge in [0.1, 0.15) is 17.2 Å². The van der Waals surface area contributed by atoms with Crippen LogP contribution in [0.25, 0.3) is 0 Å². The van der Waals surface area contributed by atoms with Crippen molar-refractivity contribution in [1.82, 2.24) is 15.6 Å². The third-order valence-corrected chi connectivity index (χ3v) is 6.52. The Balaban J connectivity index is 1.13. The zero-order valence-electron chi connectivity index (χ0n) is 18.1. The SMILES string of the molecule is Cc1ccc2c(c1)[C@H](O)C[C@H](C(=O)NC13CC(NC(=O)c4ccc(OC(F)(F)F)cn4)(C1)C3)O2. The number of aliphatic hydroxyl groups is 1. The molecular weight excluding hydrogens is 455 g/mol. The monoisotopic (exact) mass is 477 g/mol. The summed E-state index contributed by atoms with van der Waals surface area (Å²) in [7, 11) is 0. The van der Waals surface area contributed by atoms with Crippen molar-refractivity contribution >= 4 is 11.8 Å². The highest BCUT2D eigenvalue weighted by atomic mass is 19.4. The number of nitrogens with zero attached hydrogens (tertiary/aromatic N) is 1. The van der Waals surface area contributed by atoms with Crippen molar-refractivity contribution in [3.8, 4) is 11.5 Å². The molecule has 3 aliphatic carbocycles. The van der Waals surface area contributed by atoms with E-state index in [2.05, 4.69) is 20.4 Å². The van der Waals surface area contributed by atoms with Gasteiger partial charge in [0, 0.05) is 23.1 Å². The van der Waals surface area contributed by atoms with E-state index in [-0.39, 0.29) is 18.0 Å². The summed E-state index contributed by atoms with van der Waals surface area (Å²) in [6.07, 6.45) is -3.87. The van der Waals surface area contributed by atoms with Crippen molar-refractivity contribution in [2.24, 2.45) is 0 Å². The van der Waals surface area contributed by atoms with Gasteiger partial charge < -0.3 is 25.2 Å². The maximum atomic E-state index is 12.8. The topological polar surface area (TPSA) is 110 Å². The number of pyridine rings is 1. The molecule has 2 amide bonds. The van der Waals surface area contributed by atoms with E-state index < -0.39 is 41.3 Å². The number of halogens is 3. The number of fused-ring (bicyclic) bond motifs is 1. The lowest BCUT2D eigenvalue weighted by Gasteiger charge is -2.70. The average Bonchev–Trinajstić information content (AvgIpc) is 2.70. The quantitative estimate of drug-likeness (QED) is 0.611. The van der Waals surface area contributed by atoms with Gasteiger partial charge in [0.05, 0.1) is 12.3 Å². The summed E-state index contributed by atoms with van der Waals surface area (Å²) in [4.78, 5) is 29.0. The van der Waals surface area contributed by atoms with Gasteiger partial charge in [-0.3, -0.25) is 9.59 Å². The van der Waals surface area contributed by atoms with E-state index in [1.807, 2.05) is 19.1 Å². The van der Waals surface area contributed by atoms with Gasteiger partial charge in [0.25, 0.3) is 11.8 Å². The number of nitrogens with one attached hydrogen (secondary N) is 2. The number of hydrogen-bond acceptors (Lipinski definition) is 6. The molecule has 1 aromatic heterocycles. The molecule has 3 saturated carbocycles. The summed E-state index contributed by atoms with van der Waals surface area (Å²) in [6.45, 7) is 1.91. The number of carbonyl (C=O) groups is 2. The van der Waals surface area contributed by atoms with E-state index in [0.717, 1.165) is 23.9 Å². The standard InChI is InChI=1S/C23H22F3N3O5/c1-12-2-5-17-14(6-12)16(30)7-18(33-17)20(32)29-22-9-21(10-22,11-22)28-19(31)15-4-3-13(8-27-15)34-23(24,25)26/h2-6,8,16,18,30H,7,9-11H2,1H3,(H,28,31)(H,29,32)/t16-,18-,21?,22?/m1/s1. The molecule has 4 aliphatic rings. The number of aryl methyl sites for hydroxylation is 1. The van der Waals surface area contributed by atoms with Crippen LogP contribution >= 0.6 is 0 Å². The first kappa shape index (κ1) is 22.5. The van der Waals surface area contributed by atoms with Crippen LogP contribution in [-0.2, 0) is 4.79 Å². The second-order valence-electron chi connectivity index (χ2n) is 9.36. The van der Waals surface area contributed by atoms with Gasteiger partial charge in [0.15, 0.2) is 6.10 Å². The first-order valence-electron chi connectivity index (χ1n) is 10.8. The lowest BCUT2D eigenvalue weighted by molar-refractivity contribution is -0.274. The van der Waals surface area contributed by atoms with Crippen LogP contribution in [0.3, 0.4) is 0 Å². The summed E-state index contributed by atoms with van der Waals surface area (Å²) in [6, 6.07) is 7.62. The number of hydrogen-bond donors (Lipinski definition) is 3. The second-order valence-corrected chi connectivity index (χ2v) is 9.36. The molecule has 1 aromatic carbocycles. The van der Waals surface area contributed by atoms with Crippen LogP contribution in [-0.4, -0.2) is 45.4 Å². The smallest absolute Gasteiger partial charge is 0.480 e. The third kappa shape index (κ3) is 4.15. The van der Waals surface area contributed by atoms with Gasteiger partial charge >= 0.3 is 6.36 Å². The van der Waals surface area contributed by atoms with Gasteiger partial charge in [-0.1, -0.05) is 11.6 Å². The number of alkyl halides is 3. The van der Waals surface area contributed by atoms with E-state index in [9.17, 15) is 27.9 Å². The minimum absolute atomic E-state index is 0.0316. The molecule has 8 nitrogen and oxygen atoms in total. The Kier molecular flexibility index (Phi) is 5.01. The van der Waals surface area contributed by atoms with Crippen LogP contribution in [0, 0.1) is 6.92 Å². The molecule has 2 heterocycles. The molecular formula is C23H22F3N3O5. The first-order valence-corrected chi connectivity index (χ1v) is 10.8. The van der Waals surface area contributed by atoms with Gasteiger partial charge in [-0.15, -0.1) is 13.2 Å². The van der Waals surface area contributed by atoms with Crippen molar-refractivity contribution in [2.45, 2.75) is 62.3 Å². The number of ether oxygens (including phenoxy) is 2. The van der Waals surface area contributed by atoms with Crippen LogP contribution in [0.4, 0.5) is 13.2 Å². The zero-order chi connectivity index (χ0) is 24.3. The molecule has 0 unspecified atom stereocenters. The Morgan fingerprint density at radius 2 is 1.85 bits per heavy atom. The van der Waals surface area contributed by atoms with Crippen LogP contribution in [0.15, 0.2) is 36.5 Å². The highest BCUT2D eigenvalue weighted by molar-refractivity contribution is 5.93. The summed E-state index contributed by atoms with van der Waals surface area (Å²) < 4.78 is 46.3. The molecule has 11 heteroatoms. The van der Waals surface area contributed by atoms with E-state index in [1.54, 1.807) is 6.07 Å². The number of aliphatic hydroxyl groups excluding tert-OH is 1. The fourth-order valence-corrected chi connectivity index (χ4v) is 5.14. The predicted octanol–water partition coefficient (Wildman–Crippen LogP) is 2.69. The number of carbonyl (C=O) groups excluding carboxylic acids is 2. The molecule has 6 rings (SSSR count). The normalized spacial score (nSPS) is 29.0. The first-order chi connectivity index (χ1) is 15.9. The van der Waals surface area contributed by atoms with Crippen LogP contribution in [0.1, 0.15) is 53.4 Å². The van der Waals surface area contributed by atoms with Crippen LogP contribution in [0.5, 0.6) is 11.5 Å². The summed E-state index contributed by atoms with van der Waals surface area (Å²) >= 11 is 0. The molecule has 34 heavy (non-hydrogen) atoms. The fraction of sp³-hybridized carbons (Fsp3) is 0.435. The summed E-state index contributed by atoms with van der Waals surface area (Å²) in [5.74, 6) is -0.843.